The zero-order chi connectivity index (χ0) is 9.68. The molecule has 0 fully saturated rings. The maximum Gasteiger partial charge on any atom is 0.334 e. The maximum atomic E-state index is 11.0. The molecule has 0 bridgehead atoms. The van der Waals surface area contributed by atoms with Gasteiger partial charge in [-0.05, 0) is 0 Å². The van der Waals surface area contributed by atoms with Crippen molar-refractivity contribution in [1.29, 1.82) is 0 Å². The van der Waals surface area contributed by atoms with Gasteiger partial charge in [0.05, 0.1) is 13.7 Å². The molecule has 13 heavy (non-hydrogen) atoms. The van der Waals surface area contributed by atoms with E-state index in [0.717, 1.165) is 0 Å². The Labute approximate surface area is 76.7 Å². The molecule has 1 rings (SSSR count). The minimum absolute atomic E-state index is 0.283. The molecule has 5 nitrogen and oxygen atoms in total. The second-order valence-corrected chi connectivity index (χ2v) is 2.62. The lowest BCUT2D eigenvalue weighted by Gasteiger charge is -2.00. The molecule has 1 aliphatic heterocycles. The summed E-state index contributed by atoms with van der Waals surface area (Å²) in [5.74, 6) is 0.213. The van der Waals surface area contributed by atoms with Gasteiger partial charge in [0.2, 0.25) is 0 Å². The van der Waals surface area contributed by atoms with Crippen molar-refractivity contribution >= 4 is 11.9 Å². The normalized spacial score (nSPS) is 20.8. The summed E-state index contributed by atoms with van der Waals surface area (Å²) < 4.78 is 14.5. The molecule has 1 unspecified atom stereocenters. The Morgan fingerprint density at radius 3 is 3.08 bits per heavy atom. The van der Waals surface area contributed by atoms with E-state index in [9.17, 15) is 4.79 Å². The SMILES string of the molecule is COCCC1=NC(C(=O)OC)CO1. The molecular weight excluding hydrogens is 174 g/mol. The van der Waals surface area contributed by atoms with Gasteiger partial charge in [0.15, 0.2) is 11.9 Å². The second kappa shape index (κ2) is 4.81. The molecule has 0 saturated heterocycles. The Morgan fingerprint density at radius 2 is 2.46 bits per heavy atom. The number of aliphatic imine (C=N–C) groups is 1. The number of carbonyl (C=O) groups is 1. The first-order chi connectivity index (χ1) is 6.27. The van der Waals surface area contributed by atoms with Crippen LogP contribution in [0.4, 0.5) is 0 Å². The van der Waals surface area contributed by atoms with Crippen molar-refractivity contribution in [2.24, 2.45) is 4.99 Å². The Kier molecular flexibility index (Phi) is 3.70. The minimum Gasteiger partial charge on any atom is -0.478 e. The highest BCUT2D eigenvalue weighted by Crippen LogP contribution is 2.08. The number of carbonyl (C=O) groups excluding carboxylic acids is 1. The third kappa shape index (κ3) is 2.69. The first-order valence-corrected chi connectivity index (χ1v) is 4.04. The van der Waals surface area contributed by atoms with Crippen LogP contribution in [0.15, 0.2) is 4.99 Å². The largest absolute Gasteiger partial charge is 0.478 e. The summed E-state index contributed by atoms with van der Waals surface area (Å²) >= 11 is 0. The summed E-state index contributed by atoms with van der Waals surface area (Å²) in [4.78, 5) is 15.0. The van der Waals surface area contributed by atoms with Crippen LogP contribution in [-0.2, 0) is 19.0 Å². The lowest BCUT2D eigenvalue weighted by atomic mass is 10.3. The van der Waals surface area contributed by atoms with E-state index in [1.54, 1.807) is 7.11 Å². The molecule has 0 saturated carbocycles. The fourth-order valence-electron chi connectivity index (χ4n) is 1.01. The van der Waals surface area contributed by atoms with Crippen LogP contribution in [0.5, 0.6) is 0 Å². The molecule has 1 atom stereocenters. The summed E-state index contributed by atoms with van der Waals surface area (Å²) in [6.07, 6.45) is 0.601. The lowest BCUT2D eigenvalue weighted by Crippen LogP contribution is -2.21. The zero-order valence-electron chi connectivity index (χ0n) is 7.78. The van der Waals surface area contributed by atoms with E-state index in [0.29, 0.717) is 18.9 Å². The monoisotopic (exact) mass is 187 g/mol. The summed E-state index contributed by atoms with van der Waals surface area (Å²) in [5, 5.41) is 0. The van der Waals surface area contributed by atoms with Crippen molar-refractivity contribution in [3.05, 3.63) is 0 Å². The molecule has 1 aliphatic rings. The van der Waals surface area contributed by atoms with Crippen LogP contribution < -0.4 is 0 Å². The van der Waals surface area contributed by atoms with Crippen molar-refractivity contribution in [2.75, 3.05) is 27.4 Å². The average Bonchev–Trinajstić information content (AvgIpc) is 2.62. The lowest BCUT2D eigenvalue weighted by molar-refractivity contribution is -0.142. The quantitative estimate of drug-likeness (QED) is 0.581. The Hall–Kier alpha value is -1.10. The highest BCUT2D eigenvalue weighted by molar-refractivity contribution is 5.85. The fourth-order valence-corrected chi connectivity index (χ4v) is 1.01. The first kappa shape index (κ1) is 9.98. The number of nitrogens with zero attached hydrogens (tertiary/aromatic N) is 1. The van der Waals surface area contributed by atoms with Gasteiger partial charge >= 0.3 is 5.97 Å². The zero-order valence-corrected chi connectivity index (χ0v) is 7.78. The van der Waals surface area contributed by atoms with Crippen LogP contribution in [0.25, 0.3) is 0 Å². The molecule has 5 heteroatoms. The van der Waals surface area contributed by atoms with Crippen LogP contribution in [-0.4, -0.2) is 45.3 Å². The van der Waals surface area contributed by atoms with E-state index in [4.69, 9.17) is 9.47 Å². The molecule has 1 heterocycles. The number of methoxy groups -OCH3 is 2. The highest BCUT2D eigenvalue weighted by atomic mass is 16.5. The summed E-state index contributed by atoms with van der Waals surface area (Å²) in [7, 11) is 2.94. The van der Waals surface area contributed by atoms with Crippen LogP contribution in [0.3, 0.4) is 0 Å². The maximum absolute atomic E-state index is 11.0. The average molecular weight is 187 g/mol. The summed E-state index contributed by atoms with van der Waals surface area (Å²) in [6, 6.07) is -0.489. The van der Waals surface area contributed by atoms with E-state index in [2.05, 4.69) is 9.73 Å². The molecule has 74 valence electrons. The van der Waals surface area contributed by atoms with Crippen LogP contribution >= 0.6 is 0 Å². The van der Waals surface area contributed by atoms with Crippen molar-refractivity contribution in [1.82, 2.24) is 0 Å². The van der Waals surface area contributed by atoms with Gasteiger partial charge in [-0.25, -0.2) is 9.79 Å². The van der Waals surface area contributed by atoms with Gasteiger partial charge in [-0.3, -0.25) is 0 Å². The van der Waals surface area contributed by atoms with Gasteiger partial charge in [-0.2, -0.15) is 0 Å². The molecule has 0 spiro atoms. The number of esters is 1. The molecule has 0 N–H and O–H groups in total. The summed E-state index contributed by atoms with van der Waals surface area (Å²) in [6.45, 7) is 0.832. The predicted molar refractivity (Wildman–Crippen MR) is 45.7 cm³/mol. The Morgan fingerprint density at radius 1 is 1.69 bits per heavy atom. The number of rotatable bonds is 4. The molecular formula is C8H13NO4. The second-order valence-electron chi connectivity index (χ2n) is 2.62. The van der Waals surface area contributed by atoms with Crippen LogP contribution in [0.1, 0.15) is 6.42 Å². The third-order valence-electron chi connectivity index (χ3n) is 1.70. The van der Waals surface area contributed by atoms with Gasteiger partial charge in [-0.1, -0.05) is 0 Å². The van der Waals surface area contributed by atoms with Gasteiger partial charge in [-0.15, -0.1) is 0 Å². The molecule has 0 radical (unpaired) electrons. The van der Waals surface area contributed by atoms with E-state index >= 15 is 0 Å². The molecule has 0 aromatic heterocycles. The van der Waals surface area contributed by atoms with Gasteiger partial charge in [0.1, 0.15) is 6.61 Å². The van der Waals surface area contributed by atoms with Gasteiger partial charge in [0, 0.05) is 13.5 Å². The molecule has 0 amide bonds. The Bertz CT molecular complexity index is 214. The van der Waals surface area contributed by atoms with E-state index < -0.39 is 6.04 Å². The topological polar surface area (TPSA) is 57.1 Å². The van der Waals surface area contributed by atoms with Crippen molar-refractivity contribution in [3.63, 3.8) is 0 Å². The third-order valence-corrected chi connectivity index (χ3v) is 1.70. The van der Waals surface area contributed by atoms with Crippen LogP contribution in [0.2, 0.25) is 0 Å². The van der Waals surface area contributed by atoms with Crippen LogP contribution in [0, 0.1) is 0 Å². The van der Waals surface area contributed by atoms with E-state index in [-0.39, 0.29) is 12.6 Å². The fraction of sp³-hybridized carbons (Fsp3) is 0.750. The molecule has 0 aromatic rings. The standard InChI is InChI=1S/C8H13NO4/c1-11-4-3-7-9-6(5-13-7)8(10)12-2/h6H,3-5H2,1-2H3. The van der Waals surface area contributed by atoms with Crippen molar-refractivity contribution in [2.45, 2.75) is 12.5 Å². The smallest absolute Gasteiger partial charge is 0.334 e. The van der Waals surface area contributed by atoms with Gasteiger partial charge in [0.25, 0.3) is 0 Å². The van der Waals surface area contributed by atoms with E-state index in [1.165, 1.54) is 7.11 Å². The number of hydrogen-bond acceptors (Lipinski definition) is 5. The highest BCUT2D eigenvalue weighted by Gasteiger charge is 2.25. The number of ether oxygens (including phenoxy) is 3. The Balaban J connectivity index is 2.39. The minimum atomic E-state index is -0.489. The summed E-state index contributed by atoms with van der Waals surface area (Å²) in [5.41, 5.74) is 0. The predicted octanol–water partition coefficient (Wildman–Crippen LogP) is -0.00680. The van der Waals surface area contributed by atoms with Crippen molar-refractivity contribution in [3.8, 4) is 0 Å². The first-order valence-electron chi connectivity index (χ1n) is 4.04. The molecule has 0 aliphatic carbocycles. The molecule has 0 aromatic carbocycles. The van der Waals surface area contributed by atoms with Gasteiger partial charge < -0.3 is 14.2 Å². The van der Waals surface area contributed by atoms with Crippen molar-refractivity contribution < 1.29 is 19.0 Å². The number of hydrogen-bond donors (Lipinski definition) is 0. The van der Waals surface area contributed by atoms with E-state index in [1.807, 2.05) is 0 Å².